The van der Waals surface area contributed by atoms with E-state index in [0.29, 0.717) is 24.5 Å². The molecule has 1 saturated heterocycles. The minimum atomic E-state index is -0.573. The molecule has 0 bridgehead atoms. The summed E-state index contributed by atoms with van der Waals surface area (Å²) in [6.45, 7) is 6.80. The van der Waals surface area contributed by atoms with Crippen LogP contribution in [0, 0.1) is 5.41 Å². The zero-order valence-corrected chi connectivity index (χ0v) is 21.9. The van der Waals surface area contributed by atoms with Crippen molar-refractivity contribution in [3.8, 4) is 11.4 Å². The van der Waals surface area contributed by atoms with Crippen LogP contribution in [0.3, 0.4) is 0 Å². The molecule has 0 saturated carbocycles. The summed E-state index contributed by atoms with van der Waals surface area (Å²) in [6, 6.07) is 17.4. The van der Waals surface area contributed by atoms with Crippen LogP contribution in [0.15, 0.2) is 60.8 Å². The Morgan fingerprint density at radius 2 is 1.81 bits per heavy atom. The highest BCUT2D eigenvalue weighted by Crippen LogP contribution is 2.52. The first-order valence-corrected chi connectivity index (χ1v) is 12.7. The van der Waals surface area contributed by atoms with E-state index in [0.717, 1.165) is 30.5 Å². The average molecular weight is 503 g/mol. The van der Waals surface area contributed by atoms with Crippen LogP contribution in [0.2, 0.25) is 0 Å². The molecule has 37 heavy (non-hydrogen) atoms. The molecule has 2 aromatic carbocycles. The number of ether oxygens (including phenoxy) is 2. The number of carbonyl (C=O) groups is 2. The number of methoxy groups -OCH3 is 1. The van der Waals surface area contributed by atoms with Crippen LogP contribution in [0.4, 0.5) is 4.79 Å². The molecule has 2 amide bonds. The molecule has 1 aliphatic heterocycles. The van der Waals surface area contributed by atoms with Crippen molar-refractivity contribution in [2.45, 2.75) is 51.7 Å². The van der Waals surface area contributed by atoms with Crippen LogP contribution in [0.1, 0.15) is 61.3 Å². The molecule has 3 aromatic rings. The largest absolute Gasteiger partial charge is 0.497 e. The Morgan fingerprint density at radius 1 is 1.05 bits per heavy atom. The summed E-state index contributed by atoms with van der Waals surface area (Å²) in [5.41, 5.74) is 2.95. The van der Waals surface area contributed by atoms with Crippen LogP contribution in [-0.2, 0) is 11.2 Å². The number of aromatic nitrogens is 2. The number of benzene rings is 2. The maximum absolute atomic E-state index is 13.6. The predicted octanol–water partition coefficient (Wildman–Crippen LogP) is 4.93. The number of carbonyl (C=O) groups excluding carboxylic acids is 2. The second-order valence-electron chi connectivity index (χ2n) is 10.9. The highest BCUT2D eigenvalue weighted by Gasteiger charge is 2.49. The summed E-state index contributed by atoms with van der Waals surface area (Å²) >= 11 is 0. The lowest BCUT2D eigenvalue weighted by Crippen LogP contribution is -2.49. The maximum atomic E-state index is 13.6. The number of fused-ring (bicyclic) bond motifs is 1. The van der Waals surface area contributed by atoms with Crippen LogP contribution < -0.4 is 10.1 Å². The summed E-state index contributed by atoms with van der Waals surface area (Å²) in [5.74, 6) is 0.651. The number of hydrogen-bond acceptors (Lipinski definition) is 5. The Labute approximate surface area is 217 Å². The molecular formula is C29H34N4O4. The summed E-state index contributed by atoms with van der Waals surface area (Å²) < 4.78 is 12.6. The first-order valence-electron chi connectivity index (χ1n) is 12.7. The topological polar surface area (TPSA) is 85.7 Å². The van der Waals surface area contributed by atoms with Crippen LogP contribution in [0.5, 0.6) is 5.75 Å². The smallest absolute Gasteiger partial charge is 0.408 e. The molecule has 1 aliphatic carbocycles. The molecule has 2 aliphatic rings. The van der Waals surface area contributed by atoms with Gasteiger partial charge in [-0.15, -0.1) is 0 Å². The molecule has 0 unspecified atom stereocenters. The fourth-order valence-corrected chi connectivity index (χ4v) is 5.64. The fourth-order valence-electron chi connectivity index (χ4n) is 5.64. The third-order valence-corrected chi connectivity index (χ3v) is 7.39. The standard InChI is InChI=1S/C29H34N4O4/c1-28(2,3)37-27(35)31-25-23-11-6-5-8-20(23)19-29(25)13-16-32(17-14-29)26(34)24-12-15-30-33(24)21-9-7-10-22(18-21)36-4/h5-12,15,18,25H,13-14,16-17,19H2,1-4H3,(H,31,35)/t25-/m1/s1. The van der Waals surface area contributed by atoms with Gasteiger partial charge in [-0.3, -0.25) is 4.79 Å². The van der Waals surface area contributed by atoms with Gasteiger partial charge in [0.05, 0.1) is 25.0 Å². The second kappa shape index (κ2) is 9.57. The first kappa shape index (κ1) is 24.9. The summed E-state index contributed by atoms with van der Waals surface area (Å²) in [5, 5.41) is 7.58. The fraction of sp³-hybridized carbons (Fsp3) is 0.414. The molecule has 5 rings (SSSR count). The van der Waals surface area contributed by atoms with Crippen molar-refractivity contribution < 1.29 is 19.1 Å². The lowest BCUT2D eigenvalue weighted by atomic mass is 9.72. The molecule has 1 N–H and O–H groups in total. The lowest BCUT2D eigenvalue weighted by Gasteiger charge is -2.43. The van der Waals surface area contributed by atoms with Gasteiger partial charge < -0.3 is 19.7 Å². The van der Waals surface area contributed by atoms with Crippen molar-refractivity contribution in [3.63, 3.8) is 0 Å². The number of alkyl carbamates (subject to hydrolysis) is 1. The Kier molecular flexibility index (Phi) is 6.43. The quantitative estimate of drug-likeness (QED) is 0.547. The first-order chi connectivity index (χ1) is 17.7. The number of nitrogens with one attached hydrogen (secondary N) is 1. The summed E-state index contributed by atoms with van der Waals surface area (Å²) in [6.07, 6.45) is 3.66. The van der Waals surface area contributed by atoms with E-state index in [2.05, 4.69) is 22.5 Å². The number of rotatable bonds is 4. The molecule has 1 fully saturated rings. The number of piperidine rings is 1. The van der Waals surface area contributed by atoms with Gasteiger partial charge in [-0.2, -0.15) is 5.10 Å². The zero-order chi connectivity index (χ0) is 26.2. The van der Waals surface area contributed by atoms with Crippen molar-refractivity contribution in [2.75, 3.05) is 20.2 Å². The molecule has 1 atom stereocenters. The average Bonchev–Trinajstić information content (AvgIpc) is 3.47. The monoisotopic (exact) mass is 502 g/mol. The Hall–Kier alpha value is -3.81. The number of nitrogens with zero attached hydrogens (tertiary/aromatic N) is 3. The summed E-state index contributed by atoms with van der Waals surface area (Å²) in [4.78, 5) is 28.3. The molecular weight excluding hydrogens is 468 g/mol. The minimum absolute atomic E-state index is 0.0534. The van der Waals surface area contributed by atoms with E-state index in [1.54, 1.807) is 24.1 Å². The number of likely N-dealkylation sites (tertiary alicyclic amines) is 1. The molecule has 8 nitrogen and oxygen atoms in total. The second-order valence-corrected chi connectivity index (χ2v) is 10.9. The van der Waals surface area contributed by atoms with Gasteiger partial charge in [0.25, 0.3) is 5.91 Å². The van der Waals surface area contributed by atoms with Crippen molar-refractivity contribution in [1.29, 1.82) is 0 Å². The highest BCUT2D eigenvalue weighted by atomic mass is 16.6. The van der Waals surface area contributed by atoms with Gasteiger partial charge in [-0.05, 0) is 69.4 Å². The molecule has 1 spiro atoms. The van der Waals surface area contributed by atoms with Gasteiger partial charge >= 0.3 is 6.09 Å². The van der Waals surface area contributed by atoms with Crippen molar-refractivity contribution in [1.82, 2.24) is 20.0 Å². The van der Waals surface area contributed by atoms with E-state index in [-0.39, 0.29) is 17.4 Å². The van der Waals surface area contributed by atoms with Gasteiger partial charge in [-0.25, -0.2) is 9.48 Å². The Bertz CT molecular complexity index is 1300. The maximum Gasteiger partial charge on any atom is 0.408 e. The third-order valence-electron chi connectivity index (χ3n) is 7.39. The van der Waals surface area contributed by atoms with E-state index < -0.39 is 11.7 Å². The highest BCUT2D eigenvalue weighted by molar-refractivity contribution is 5.93. The van der Waals surface area contributed by atoms with E-state index in [1.807, 2.05) is 62.1 Å². The number of amides is 2. The predicted molar refractivity (Wildman–Crippen MR) is 140 cm³/mol. The van der Waals surface area contributed by atoms with Gasteiger partial charge in [0.2, 0.25) is 0 Å². The molecule has 8 heteroatoms. The van der Waals surface area contributed by atoms with E-state index in [1.165, 1.54) is 5.56 Å². The van der Waals surface area contributed by atoms with E-state index >= 15 is 0 Å². The molecule has 1 aromatic heterocycles. The van der Waals surface area contributed by atoms with Gasteiger partial charge in [0.15, 0.2) is 0 Å². The minimum Gasteiger partial charge on any atom is -0.497 e. The SMILES string of the molecule is COc1cccc(-n2nccc2C(=O)N2CCC3(CC2)Cc2ccccc2[C@H]3NC(=O)OC(C)(C)C)c1. The van der Waals surface area contributed by atoms with Crippen LogP contribution >= 0.6 is 0 Å². The summed E-state index contributed by atoms with van der Waals surface area (Å²) in [7, 11) is 1.62. The normalized spacial score (nSPS) is 18.4. The Morgan fingerprint density at radius 3 is 2.54 bits per heavy atom. The molecule has 194 valence electrons. The molecule has 2 heterocycles. The van der Waals surface area contributed by atoms with Crippen LogP contribution in [-0.4, -0.2) is 52.5 Å². The number of hydrogen-bond donors (Lipinski definition) is 1. The third kappa shape index (κ3) is 4.92. The molecule has 0 radical (unpaired) electrons. The van der Waals surface area contributed by atoms with Gasteiger partial charge in [0.1, 0.15) is 17.0 Å². The van der Waals surface area contributed by atoms with Gasteiger partial charge in [-0.1, -0.05) is 30.3 Å². The van der Waals surface area contributed by atoms with Crippen molar-refractivity contribution >= 4 is 12.0 Å². The Balaban J connectivity index is 1.34. The lowest BCUT2D eigenvalue weighted by molar-refractivity contribution is 0.0320. The van der Waals surface area contributed by atoms with Gasteiger partial charge in [0, 0.05) is 24.6 Å². The van der Waals surface area contributed by atoms with Crippen molar-refractivity contribution in [2.24, 2.45) is 5.41 Å². The van der Waals surface area contributed by atoms with E-state index in [9.17, 15) is 9.59 Å². The van der Waals surface area contributed by atoms with E-state index in [4.69, 9.17) is 9.47 Å². The zero-order valence-electron chi connectivity index (χ0n) is 21.9. The van der Waals surface area contributed by atoms with Crippen LogP contribution in [0.25, 0.3) is 5.69 Å². The van der Waals surface area contributed by atoms with Crippen molar-refractivity contribution in [3.05, 3.63) is 77.6 Å².